The van der Waals surface area contributed by atoms with Gasteiger partial charge >= 0.3 is 11.9 Å². The molecule has 0 atom stereocenters. The van der Waals surface area contributed by atoms with E-state index in [1.165, 1.54) is 24.3 Å². The third kappa shape index (κ3) is 4.91. The number of benzene rings is 2. The van der Waals surface area contributed by atoms with E-state index in [2.05, 4.69) is 0 Å². The van der Waals surface area contributed by atoms with Gasteiger partial charge in [-0.3, -0.25) is 9.59 Å². The number of carbonyl (C=O) groups excluding carboxylic acids is 2. The quantitative estimate of drug-likeness (QED) is 0.707. The zero-order valence-electron chi connectivity index (χ0n) is 13.6. The van der Waals surface area contributed by atoms with Crippen molar-refractivity contribution in [1.82, 2.24) is 4.90 Å². The number of amides is 2. The summed E-state index contributed by atoms with van der Waals surface area (Å²) < 4.78 is 0. The van der Waals surface area contributed by atoms with Gasteiger partial charge in [-0.2, -0.15) is 0 Å². The minimum atomic E-state index is -1.06. The molecule has 3 rings (SSSR count). The summed E-state index contributed by atoms with van der Waals surface area (Å²) in [6.07, 6.45) is 0. The lowest BCUT2D eigenvalue weighted by Gasteiger charge is -2.01. The summed E-state index contributed by atoms with van der Waals surface area (Å²) in [7, 11) is 0. The lowest BCUT2D eigenvalue weighted by atomic mass is 10.1. The van der Waals surface area contributed by atoms with Gasteiger partial charge in [-0.15, -0.1) is 0 Å². The Hall–Kier alpha value is -3.68. The number of hydrogen-bond donors (Lipinski definition) is 3. The van der Waals surface area contributed by atoms with Crippen LogP contribution in [0.15, 0.2) is 48.5 Å². The first-order valence-corrected chi connectivity index (χ1v) is 7.55. The molecule has 1 saturated heterocycles. The zero-order valence-corrected chi connectivity index (χ0v) is 13.6. The summed E-state index contributed by atoms with van der Waals surface area (Å²) in [6.45, 7) is 1.66. The molecule has 134 valence electrons. The molecule has 26 heavy (non-hydrogen) atoms. The Labute approximate surface area is 148 Å². The Morgan fingerprint density at radius 1 is 0.692 bits per heavy atom. The molecule has 1 aliphatic rings. The van der Waals surface area contributed by atoms with Gasteiger partial charge in [0.1, 0.15) is 0 Å². The number of nitrogens with two attached hydrogens (primary N) is 1. The summed E-state index contributed by atoms with van der Waals surface area (Å²) in [5, 5.41) is 16.9. The van der Waals surface area contributed by atoms with Crippen LogP contribution in [0.3, 0.4) is 0 Å². The van der Waals surface area contributed by atoms with Crippen LogP contribution in [0.25, 0.3) is 0 Å². The molecule has 1 aliphatic heterocycles. The minimum absolute atomic E-state index is 0.0148. The van der Waals surface area contributed by atoms with Crippen molar-refractivity contribution in [1.29, 1.82) is 0 Å². The average Bonchev–Trinajstić information content (AvgIpc) is 3.47. The molecule has 4 N–H and O–H groups in total. The molecule has 2 aromatic carbocycles. The third-order valence-electron chi connectivity index (χ3n) is 3.53. The molecule has 0 aromatic heterocycles. The molecule has 0 unspecified atom stereocenters. The highest BCUT2D eigenvalue weighted by Gasteiger charge is 2.24. The number of primary amides is 1. The van der Waals surface area contributed by atoms with E-state index in [0.717, 1.165) is 13.1 Å². The van der Waals surface area contributed by atoms with Crippen LogP contribution < -0.4 is 5.73 Å². The van der Waals surface area contributed by atoms with Crippen LogP contribution in [0.4, 0.5) is 0 Å². The molecule has 0 saturated carbocycles. The van der Waals surface area contributed by atoms with Crippen LogP contribution in [0.1, 0.15) is 41.4 Å². The summed E-state index contributed by atoms with van der Waals surface area (Å²) in [4.78, 5) is 44.6. The predicted molar refractivity (Wildman–Crippen MR) is 91.2 cm³/mol. The van der Waals surface area contributed by atoms with E-state index in [0.29, 0.717) is 11.1 Å². The molecular formula is C18H16N2O6. The number of carboxylic acids is 2. The van der Waals surface area contributed by atoms with Crippen LogP contribution in [0, 0.1) is 0 Å². The Bertz CT molecular complexity index is 806. The van der Waals surface area contributed by atoms with Gasteiger partial charge in [0.25, 0.3) is 5.91 Å². The van der Waals surface area contributed by atoms with Gasteiger partial charge in [-0.05, 0) is 48.5 Å². The van der Waals surface area contributed by atoms with Gasteiger partial charge in [-0.25, -0.2) is 9.59 Å². The number of carbonyl (C=O) groups is 4. The molecule has 1 heterocycles. The number of carboxylic acid groups (broad SMARTS) is 2. The largest absolute Gasteiger partial charge is 0.478 e. The first kappa shape index (κ1) is 18.7. The lowest BCUT2D eigenvalue weighted by Crippen LogP contribution is -2.13. The van der Waals surface area contributed by atoms with Crippen LogP contribution in [-0.2, 0) is 0 Å². The first-order chi connectivity index (χ1) is 12.3. The first-order valence-electron chi connectivity index (χ1n) is 7.55. The summed E-state index contributed by atoms with van der Waals surface area (Å²) in [5.41, 5.74) is 6.27. The Morgan fingerprint density at radius 3 is 1.35 bits per heavy atom. The maximum Gasteiger partial charge on any atom is 0.335 e. The van der Waals surface area contributed by atoms with Crippen molar-refractivity contribution in [3.63, 3.8) is 0 Å². The Balaban J connectivity index is 0.000000190. The second-order valence-corrected chi connectivity index (χ2v) is 5.42. The molecular weight excluding hydrogens is 340 g/mol. The topological polar surface area (TPSA) is 138 Å². The number of aromatic carboxylic acids is 2. The molecule has 2 amide bonds. The van der Waals surface area contributed by atoms with Crippen molar-refractivity contribution in [3.05, 3.63) is 70.8 Å². The molecule has 0 aliphatic carbocycles. The van der Waals surface area contributed by atoms with Gasteiger partial charge in [0, 0.05) is 24.2 Å². The van der Waals surface area contributed by atoms with Crippen LogP contribution in [0.5, 0.6) is 0 Å². The Kier molecular flexibility index (Phi) is 5.69. The standard InChI is InChI=1S/C10H10N2O2.C8H6O4/c11-9(13)7-1-3-8(4-2-7)10(14)12-5-6-12;9-7(10)5-1-2-6(4-3-5)8(11)12/h1-4H,5-6H2,(H2,11,13);1-4H,(H,9,10)(H,11,12). The van der Waals surface area contributed by atoms with Gasteiger partial charge < -0.3 is 20.8 Å². The summed E-state index contributed by atoms with van der Waals surface area (Å²) in [5.74, 6) is -2.59. The highest BCUT2D eigenvalue weighted by molar-refractivity contribution is 5.98. The lowest BCUT2D eigenvalue weighted by molar-refractivity contribution is 0.0681. The zero-order chi connectivity index (χ0) is 19.3. The van der Waals surface area contributed by atoms with Crippen molar-refractivity contribution in [2.45, 2.75) is 0 Å². The third-order valence-corrected chi connectivity index (χ3v) is 3.53. The Morgan fingerprint density at radius 2 is 1.04 bits per heavy atom. The SMILES string of the molecule is NC(=O)c1ccc(C(=O)N2CC2)cc1.O=C(O)c1ccc(C(=O)O)cc1. The van der Waals surface area contributed by atoms with E-state index in [4.69, 9.17) is 15.9 Å². The molecule has 8 heteroatoms. The number of hydrogen-bond acceptors (Lipinski definition) is 4. The molecule has 0 bridgehead atoms. The summed E-state index contributed by atoms with van der Waals surface area (Å²) >= 11 is 0. The molecule has 0 radical (unpaired) electrons. The molecule has 0 spiro atoms. The van der Waals surface area contributed by atoms with Gasteiger partial charge in [0.15, 0.2) is 0 Å². The van der Waals surface area contributed by atoms with E-state index in [1.807, 2.05) is 0 Å². The van der Waals surface area contributed by atoms with Gasteiger partial charge in [0.05, 0.1) is 11.1 Å². The van der Waals surface area contributed by atoms with Crippen molar-refractivity contribution >= 4 is 23.8 Å². The van der Waals surface area contributed by atoms with E-state index in [1.54, 1.807) is 29.2 Å². The van der Waals surface area contributed by atoms with Crippen molar-refractivity contribution in [2.75, 3.05) is 13.1 Å². The molecule has 8 nitrogen and oxygen atoms in total. The van der Waals surface area contributed by atoms with Crippen molar-refractivity contribution < 1.29 is 29.4 Å². The normalized spacial score (nSPS) is 11.8. The maximum atomic E-state index is 11.5. The fourth-order valence-electron chi connectivity index (χ4n) is 1.97. The number of nitrogens with zero attached hydrogens (tertiary/aromatic N) is 1. The monoisotopic (exact) mass is 356 g/mol. The van der Waals surface area contributed by atoms with Gasteiger partial charge in [-0.1, -0.05) is 0 Å². The fraction of sp³-hybridized carbons (Fsp3) is 0.111. The fourth-order valence-corrected chi connectivity index (χ4v) is 1.97. The highest BCUT2D eigenvalue weighted by atomic mass is 16.4. The van der Waals surface area contributed by atoms with Crippen LogP contribution in [0.2, 0.25) is 0 Å². The van der Waals surface area contributed by atoms with E-state index < -0.39 is 17.8 Å². The van der Waals surface area contributed by atoms with Crippen molar-refractivity contribution in [2.24, 2.45) is 5.73 Å². The van der Waals surface area contributed by atoms with Crippen LogP contribution in [-0.4, -0.2) is 52.0 Å². The van der Waals surface area contributed by atoms with E-state index >= 15 is 0 Å². The van der Waals surface area contributed by atoms with E-state index in [-0.39, 0.29) is 17.0 Å². The van der Waals surface area contributed by atoms with Gasteiger partial charge in [0.2, 0.25) is 5.91 Å². The molecule has 2 aromatic rings. The maximum absolute atomic E-state index is 11.5. The van der Waals surface area contributed by atoms with E-state index in [9.17, 15) is 19.2 Å². The molecule has 1 fully saturated rings. The smallest absolute Gasteiger partial charge is 0.335 e. The highest BCUT2D eigenvalue weighted by Crippen LogP contribution is 2.12. The average molecular weight is 356 g/mol. The van der Waals surface area contributed by atoms with Crippen LogP contribution >= 0.6 is 0 Å². The second kappa shape index (κ2) is 7.93. The summed E-state index contributed by atoms with van der Waals surface area (Å²) in [6, 6.07) is 11.4. The van der Waals surface area contributed by atoms with Crippen molar-refractivity contribution in [3.8, 4) is 0 Å². The minimum Gasteiger partial charge on any atom is -0.478 e. The second-order valence-electron chi connectivity index (χ2n) is 5.42. The number of rotatable bonds is 4. The predicted octanol–water partition coefficient (Wildman–Crippen LogP) is 1.32.